The lowest BCUT2D eigenvalue weighted by atomic mass is 10.0. The van der Waals surface area contributed by atoms with Gasteiger partial charge in [0, 0.05) is 5.25 Å². The third kappa shape index (κ3) is 24.1. The zero-order chi connectivity index (χ0) is 24.4. The third-order valence-electron chi connectivity index (χ3n) is 7.82. The van der Waals surface area contributed by atoms with Crippen LogP contribution in [0.1, 0.15) is 186 Å². The van der Waals surface area contributed by atoms with Crippen molar-refractivity contribution in [1.82, 2.24) is 0 Å². The monoisotopic (exact) mass is 512 g/mol. The summed E-state index contributed by atoms with van der Waals surface area (Å²) in [7, 11) is 0. The van der Waals surface area contributed by atoms with Gasteiger partial charge in [-0.2, -0.15) is 0 Å². The molecule has 3 rings (SSSR count). The molecule has 0 aliphatic heterocycles. The molecule has 0 aromatic heterocycles. The van der Waals surface area contributed by atoms with E-state index in [1.165, 1.54) is 198 Å². The summed E-state index contributed by atoms with van der Waals surface area (Å²) in [6.07, 6.45) is 41.8. The van der Waals surface area contributed by atoms with Gasteiger partial charge < -0.3 is 0 Å². The Labute approximate surface area is 224 Å². The topological polar surface area (TPSA) is 17.1 Å². The van der Waals surface area contributed by atoms with Crippen molar-refractivity contribution < 1.29 is 4.79 Å². The second kappa shape index (κ2) is 26.4. The highest BCUT2D eigenvalue weighted by molar-refractivity contribution is 8.32. The largest absolute Gasteiger partial charge is 0.275 e. The summed E-state index contributed by atoms with van der Waals surface area (Å²) in [4.78, 5) is 10.9. The fourth-order valence-corrected chi connectivity index (χ4v) is 6.87. The van der Waals surface area contributed by atoms with Crippen LogP contribution in [-0.4, -0.2) is 9.70 Å². The lowest BCUT2D eigenvalue weighted by Crippen LogP contribution is -2.05. The van der Waals surface area contributed by atoms with Gasteiger partial charge in [0.2, 0.25) is 4.45 Å². The minimum absolute atomic E-state index is 0.00735. The molecule has 0 N–H and O–H groups in total. The van der Waals surface area contributed by atoms with Crippen molar-refractivity contribution in [2.45, 2.75) is 191 Å². The first-order valence-electron chi connectivity index (χ1n) is 15.7. The highest BCUT2D eigenvalue weighted by Crippen LogP contribution is 2.27. The van der Waals surface area contributed by atoms with E-state index in [4.69, 9.17) is 0 Å². The third-order valence-corrected chi connectivity index (χ3v) is 9.14. The second-order valence-electron chi connectivity index (χ2n) is 11.1. The fourth-order valence-electron chi connectivity index (χ4n) is 5.57. The van der Waals surface area contributed by atoms with Crippen LogP contribution in [0.15, 0.2) is 0 Å². The molecule has 3 aliphatic carbocycles. The molecule has 0 unspecified atom stereocenters. The molecular weight excluding hydrogens is 452 g/mol. The zero-order valence-corrected chi connectivity index (χ0v) is 24.6. The van der Waals surface area contributed by atoms with Crippen molar-refractivity contribution in [3.8, 4) is 0 Å². The SMILES string of the molecule is C1CCCCCCCCC1.C1CCCCCCCCC1.O=C(S)SC1CCCCCCCCC1. The molecule has 0 bridgehead atoms. The first kappa shape index (κ1) is 32.4. The van der Waals surface area contributed by atoms with Gasteiger partial charge in [-0.25, -0.2) is 0 Å². The number of rotatable bonds is 1. The molecule has 3 heteroatoms. The Kier molecular flexibility index (Phi) is 25.2. The van der Waals surface area contributed by atoms with Gasteiger partial charge in [-0.3, -0.25) is 4.79 Å². The Morgan fingerprint density at radius 2 is 0.559 bits per heavy atom. The molecule has 0 spiro atoms. The Balaban J connectivity index is 0.000000261. The van der Waals surface area contributed by atoms with Gasteiger partial charge in [-0.15, -0.1) is 0 Å². The Morgan fingerprint density at radius 3 is 0.735 bits per heavy atom. The Bertz CT molecular complexity index is 329. The van der Waals surface area contributed by atoms with E-state index in [0.29, 0.717) is 5.25 Å². The van der Waals surface area contributed by atoms with E-state index >= 15 is 0 Å². The van der Waals surface area contributed by atoms with Crippen LogP contribution in [0.3, 0.4) is 0 Å². The van der Waals surface area contributed by atoms with Crippen molar-refractivity contribution in [2.75, 3.05) is 0 Å². The lowest BCUT2D eigenvalue weighted by Gasteiger charge is -2.15. The molecule has 0 radical (unpaired) electrons. The Hall–Kier alpha value is 0.370. The molecule has 0 aromatic carbocycles. The first-order chi connectivity index (χ1) is 16.8. The van der Waals surface area contributed by atoms with Gasteiger partial charge in [-0.05, 0) is 12.8 Å². The van der Waals surface area contributed by atoms with Crippen LogP contribution in [0.2, 0.25) is 0 Å². The second-order valence-corrected chi connectivity index (χ2v) is 13.1. The normalized spacial score (nSPS) is 23.1. The number of hydrogen-bond donors (Lipinski definition) is 1. The molecule has 0 amide bonds. The maximum atomic E-state index is 10.9. The molecular formula is C31H60OS2. The summed E-state index contributed by atoms with van der Waals surface area (Å²) >= 11 is 5.28. The van der Waals surface area contributed by atoms with Crippen LogP contribution < -0.4 is 0 Å². The van der Waals surface area contributed by atoms with E-state index in [-0.39, 0.29) is 4.45 Å². The Morgan fingerprint density at radius 1 is 0.382 bits per heavy atom. The lowest BCUT2D eigenvalue weighted by molar-refractivity contribution is 0.276. The summed E-state index contributed by atoms with van der Waals surface area (Å²) in [5.41, 5.74) is 0. The minimum atomic E-state index is -0.00735. The molecule has 34 heavy (non-hydrogen) atoms. The molecule has 1 nitrogen and oxygen atoms in total. The van der Waals surface area contributed by atoms with E-state index in [2.05, 4.69) is 12.6 Å². The van der Waals surface area contributed by atoms with Gasteiger partial charge in [-0.1, -0.05) is 198 Å². The summed E-state index contributed by atoms with van der Waals surface area (Å²) in [6.45, 7) is 0. The van der Waals surface area contributed by atoms with Crippen molar-refractivity contribution in [1.29, 1.82) is 0 Å². The van der Waals surface area contributed by atoms with Crippen molar-refractivity contribution >= 4 is 28.8 Å². The van der Waals surface area contributed by atoms with E-state index in [0.717, 1.165) is 0 Å². The number of carbonyl (C=O) groups excluding carboxylic acids is 1. The van der Waals surface area contributed by atoms with Crippen molar-refractivity contribution in [3.05, 3.63) is 0 Å². The van der Waals surface area contributed by atoms with Crippen LogP contribution in [0.5, 0.6) is 0 Å². The summed E-state index contributed by atoms with van der Waals surface area (Å²) in [5, 5.41) is 0.540. The van der Waals surface area contributed by atoms with Crippen molar-refractivity contribution in [2.24, 2.45) is 0 Å². The number of hydrogen-bond acceptors (Lipinski definition) is 2. The van der Waals surface area contributed by atoms with E-state index in [1.807, 2.05) is 0 Å². The van der Waals surface area contributed by atoms with E-state index in [9.17, 15) is 4.79 Å². The maximum absolute atomic E-state index is 10.9. The average Bonchev–Trinajstić information content (AvgIpc) is 2.86. The summed E-state index contributed by atoms with van der Waals surface area (Å²) in [5.74, 6) is 0. The zero-order valence-electron chi connectivity index (χ0n) is 22.8. The van der Waals surface area contributed by atoms with Gasteiger partial charge in [0.1, 0.15) is 0 Å². The number of carbonyl (C=O) groups is 1. The first-order valence-corrected chi connectivity index (χ1v) is 17.0. The number of thiol groups is 1. The molecule has 202 valence electrons. The van der Waals surface area contributed by atoms with E-state index < -0.39 is 0 Å². The quantitative estimate of drug-likeness (QED) is 0.352. The number of thioether (sulfide) groups is 1. The molecule has 0 heterocycles. The highest BCUT2D eigenvalue weighted by atomic mass is 32.2. The van der Waals surface area contributed by atoms with Gasteiger partial charge in [0.15, 0.2) is 0 Å². The minimum Gasteiger partial charge on any atom is -0.275 e. The molecule has 3 saturated carbocycles. The van der Waals surface area contributed by atoms with Crippen molar-refractivity contribution in [3.63, 3.8) is 0 Å². The highest BCUT2D eigenvalue weighted by Gasteiger charge is 2.13. The molecule has 0 aromatic rings. The van der Waals surface area contributed by atoms with Gasteiger partial charge in [0.25, 0.3) is 0 Å². The molecule has 0 atom stereocenters. The van der Waals surface area contributed by atoms with Crippen LogP contribution in [-0.2, 0) is 0 Å². The van der Waals surface area contributed by atoms with Crippen LogP contribution in [0.4, 0.5) is 4.79 Å². The maximum Gasteiger partial charge on any atom is 0.243 e. The van der Waals surface area contributed by atoms with Crippen LogP contribution in [0, 0.1) is 0 Å². The van der Waals surface area contributed by atoms with E-state index in [1.54, 1.807) is 0 Å². The van der Waals surface area contributed by atoms with Crippen LogP contribution >= 0.6 is 24.4 Å². The summed E-state index contributed by atoms with van der Waals surface area (Å²) in [6, 6.07) is 0. The smallest absolute Gasteiger partial charge is 0.243 e. The molecule has 3 fully saturated rings. The molecule has 0 saturated heterocycles. The van der Waals surface area contributed by atoms with Gasteiger partial charge in [0.05, 0.1) is 0 Å². The predicted octanol–water partition coefficient (Wildman–Crippen LogP) is 12.5. The molecule has 3 aliphatic rings. The van der Waals surface area contributed by atoms with Gasteiger partial charge >= 0.3 is 0 Å². The standard InChI is InChI=1S/C11H20OS2.2C10H20/c12-11(13)14-10-8-6-4-2-1-3-5-7-9-10;2*1-2-4-6-8-10-9-7-5-3-1/h10H,1-9H2,(H,12,13);2*1-10H2. The summed E-state index contributed by atoms with van der Waals surface area (Å²) < 4.78 is -0.00735. The predicted molar refractivity (Wildman–Crippen MR) is 160 cm³/mol. The van der Waals surface area contributed by atoms with Crippen LogP contribution in [0.25, 0.3) is 0 Å². The fraction of sp³-hybridized carbons (Fsp3) is 0.968. The average molecular weight is 513 g/mol.